The van der Waals surface area contributed by atoms with Gasteiger partial charge in [-0.1, -0.05) is 6.07 Å². The van der Waals surface area contributed by atoms with Gasteiger partial charge in [0.2, 0.25) is 5.95 Å². The standard InChI is InChI=1S/C18H24FN5O/c1-3-20-17-6-7-21-18(22-17)24-10-8-23(9-11-24)13-14-4-5-16(25-2)15(19)12-14/h4-7,12H,3,8-11,13H2,1-2H3,(H,20,21,22). The van der Waals surface area contributed by atoms with Gasteiger partial charge in [0.1, 0.15) is 5.82 Å². The van der Waals surface area contributed by atoms with Gasteiger partial charge in [-0.3, -0.25) is 4.90 Å². The SMILES string of the molecule is CCNc1ccnc(N2CCN(Cc3ccc(OC)c(F)c3)CC2)n1. The number of rotatable bonds is 6. The number of nitrogens with one attached hydrogen (secondary N) is 1. The number of benzene rings is 1. The molecule has 6 nitrogen and oxygen atoms in total. The summed E-state index contributed by atoms with van der Waals surface area (Å²) in [6.45, 7) is 7.10. The van der Waals surface area contributed by atoms with E-state index in [1.165, 1.54) is 7.11 Å². The number of nitrogens with zero attached hydrogens (tertiary/aromatic N) is 4. The normalized spacial score (nSPS) is 15.2. The molecule has 0 spiro atoms. The molecule has 1 aromatic heterocycles. The molecule has 2 heterocycles. The van der Waals surface area contributed by atoms with E-state index >= 15 is 0 Å². The van der Waals surface area contributed by atoms with Crippen LogP contribution >= 0.6 is 0 Å². The first kappa shape index (κ1) is 17.4. The Bertz CT molecular complexity index is 704. The van der Waals surface area contributed by atoms with E-state index < -0.39 is 0 Å². The van der Waals surface area contributed by atoms with Crippen LogP contribution in [0.4, 0.5) is 16.2 Å². The fraction of sp³-hybridized carbons (Fsp3) is 0.444. The lowest BCUT2D eigenvalue weighted by Crippen LogP contribution is -2.46. The summed E-state index contributed by atoms with van der Waals surface area (Å²) in [5.74, 6) is 1.58. The van der Waals surface area contributed by atoms with Crippen molar-refractivity contribution in [2.75, 3.05) is 50.1 Å². The summed E-state index contributed by atoms with van der Waals surface area (Å²) in [5, 5.41) is 3.21. The Kier molecular flexibility index (Phi) is 5.65. The molecule has 0 unspecified atom stereocenters. The molecule has 0 aliphatic carbocycles. The number of halogens is 1. The number of hydrogen-bond acceptors (Lipinski definition) is 6. The molecule has 1 N–H and O–H groups in total. The number of piperazine rings is 1. The maximum absolute atomic E-state index is 13.8. The summed E-state index contributed by atoms with van der Waals surface area (Å²) in [5.41, 5.74) is 0.956. The van der Waals surface area contributed by atoms with Crippen molar-refractivity contribution in [1.82, 2.24) is 14.9 Å². The number of hydrogen-bond donors (Lipinski definition) is 1. The van der Waals surface area contributed by atoms with Crippen molar-refractivity contribution in [1.29, 1.82) is 0 Å². The van der Waals surface area contributed by atoms with Gasteiger partial charge >= 0.3 is 0 Å². The average Bonchev–Trinajstić information content (AvgIpc) is 2.63. The van der Waals surface area contributed by atoms with E-state index in [1.54, 1.807) is 18.3 Å². The molecule has 3 rings (SSSR count). The lowest BCUT2D eigenvalue weighted by molar-refractivity contribution is 0.248. The van der Waals surface area contributed by atoms with Crippen LogP contribution < -0.4 is 15.0 Å². The molecule has 2 aromatic rings. The Morgan fingerprint density at radius 2 is 2.00 bits per heavy atom. The van der Waals surface area contributed by atoms with Crippen LogP contribution in [0.5, 0.6) is 5.75 Å². The van der Waals surface area contributed by atoms with Crippen LogP contribution in [0.1, 0.15) is 12.5 Å². The number of ether oxygens (including phenoxy) is 1. The first-order valence-corrected chi connectivity index (χ1v) is 8.56. The fourth-order valence-corrected chi connectivity index (χ4v) is 2.95. The molecule has 0 saturated carbocycles. The third kappa shape index (κ3) is 4.36. The summed E-state index contributed by atoms with van der Waals surface area (Å²) < 4.78 is 18.8. The predicted octanol–water partition coefficient (Wildman–Crippen LogP) is 2.38. The van der Waals surface area contributed by atoms with E-state index in [2.05, 4.69) is 25.1 Å². The average molecular weight is 345 g/mol. The highest BCUT2D eigenvalue weighted by molar-refractivity contribution is 5.41. The van der Waals surface area contributed by atoms with Gasteiger partial charge in [-0.2, -0.15) is 4.98 Å². The molecule has 134 valence electrons. The van der Waals surface area contributed by atoms with E-state index in [9.17, 15) is 4.39 Å². The van der Waals surface area contributed by atoms with E-state index in [0.717, 1.165) is 56.6 Å². The summed E-state index contributed by atoms with van der Waals surface area (Å²) in [6, 6.07) is 7.02. The van der Waals surface area contributed by atoms with Gasteiger partial charge in [-0.05, 0) is 30.7 Å². The highest BCUT2D eigenvalue weighted by atomic mass is 19.1. The van der Waals surface area contributed by atoms with E-state index in [4.69, 9.17) is 4.74 Å². The Hall–Kier alpha value is -2.41. The molecule has 1 saturated heterocycles. The molecule has 1 fully saturated rings. The van der Waals surface area contributed by atoms with Crippen LogP contribution in [0.15, 0.2) is 30.5 Å². The van der Waals surface area contributed by atoms with Gasteiger partial charge in [0.15, 0.2) is 11.6 Å². The zero-order valence-corrected chi connectivity index (χ0v) is 14.7. The smallest absolute Gasteiger partial charge is 0.227 e. The largest absolute Gasteiger partial charge is 0.494 e. The van der Waals surface area contributed by atoms with E-state index in [1.807, 2.05) is 19.1 Å². The summed E-state index contributed by atoms with van der Waals surface area (Å²) in [6.07, 6.45) is 1.78. The van der Waals surface area contributed by atoms with Crippen molar-refractivity contribution in [3.63, 3.8) is 0 Å². The first-order chi connectivity index (χ1) is 12.2. The molecule has 1 aromatic carbocycles. The number of methoxy groups -OCH3 is 1. The molecular formula is C18H24FN5O. The second-order valence-corrected chi connectivity index (χ2v) is 6.00. The molecular weight excluding hydrogens is 321 g/mol. The van der Waals surface area contributed by atoms with Gasteiger partial charge in [-0.15, -0.1) is 0 Å². The van der Waals surface area contributed by atoms with Crippen molar-refractivity contribution in [3.05, 3.63) is 41.8 Å². The summed E-state index contributed by atoms with van der Waals surface area (Å²) >= 11 is 0. The predicted molar refractivity (Wildman–Crippen MR) is 96.6 cm³/mol. The van der Waals surface area contributed by atoms with Crippen LogP contribution in [0.2, 0.25) is 0 Å². The van der Waals surface area contributed by atoms with Crippen LogP contribution in [-0.2, 0) is 6.54 Å². The van der Waals surface area contributed by atoms with Crippen molar-refractivity contribution in [2.45, 2.75) is 13.5 Å². The Labute approximate surface area is 147 Å². The second-order valence-electron chi connectivity index (χ2n) is 6.00. The topological polar surface area (TPSA) is 53.5 Å². The zero-order chi connectivity index (χ0) is 17.6. The molecule has 1 aliphatic heterocycles. The van der Waals surface area contributed by atoms with Gasteiger partial charge < -0.3 is 15.0 Å². The second kappa shape index (κ2) is 8.11. The molecule has 7 heteroatoms. The highest BCUT2D eigenvalue weighted by Crippen LogP contribution is 2.20. The molecule has 0 radical (unpaired) electrons. The van der Waals surface area contributed by atoms with Crippen molar-refractivity contribution in [2.24, 2.45) is 0 Å². The minimum Gasteiger partial charge on any atom is -0.494 e. The van der Waals surface area contributed by atoms with Crippen molar-refractivity contribution >= 4 is 11.8 Å². The minimum absolute atomic E-state index is 0.284. The zero-order valence-electron chi connectivity index (χ0n) is 14.7. The third-order valence-electron chi connectivity index (χ3n) is 4.28. The lowest BCUT2D eigenvalue weighted by atomic mass is 10.2. The van der Waals surface area contributed by atoms with Crippen LogP contribution in [0, 0.1) is 5.82 Å². The highest BCUT2D eigenvalue weighted by Gasteiger charge is 2.19. The fourth-order valence-electron chi connectivity index (χ4n) is 2.95. The van der Waals surface area contributed by atoms with Crippen molar-refractivity contribution in [3.8, 4) is 5.75 Å². The Morgan fingerprint density at radius 3 is 2.68 bits per heavy atom. The quantitative estimate of drug-likeness (QED) is 0.868. The first-order valence-electron chi connectivity index (χ1n) is 8.56. The van der Waals surface area contributed by atoms with Gasteiger partial charge in [0.05, 0.1) is 7.11 Å². The third-order valence-corrected chi connectivity index (χ3v) is 4.28. The molecule has 0 amide bonds. The molecule has 1 aliphatic rings. The number of aromatic nitrogens is 2. The maximum atomic E-state index is 13.8. The van der Waals surface area contributed by atoms with Gasteiger partial charge in [-0.25, -0.2) is 9.37 Å². The molecule has 0 bridgehead atoms. The van der Waals surface area contributed by atoms with E-state index in [-0.39, 0.29) is 11.6 Å². The summed E-state index contributed by atoms with van der Waals surface area (Å²) in [4.78, 5) is 13.4. The lowest BCUT2D eigenvalue weighted by Gasteiger charge is -2.34. The van der Waals surface area contributed by atoms with Crippen molar-refractivity contribution < 1.29 is 9.13 Å². The molecule has 25 heavy (non-hydrogen) atoms. The molecule has 0 atom stereocenters. The van der Waals surface area contributed by atoms with Gasteiger partial charge in [0.25, 0.3) is 0 Å². The van der Waals surface area contributed by atoms with Crippen LogP contribution in [0.3, 0.4) is 0 Å². The van der Waals surface area contributed by atoms with Crippen LogP contribution in [-0.4, -0.2) is 54.7 Å². The Balaban J connectivity index is 1.56. The van der Waals surface area contributed by atoms with E-state index in [0.29, 0.717) is 0 Å². The summed E-state index contributed by atoms with van der Waals surface area (Å²) in [7, 11) is 1.48. The number of anilines is 2. The minimum atomic E-state index is -0.313. The van der Waals surface area contributed by atoms with Gasteiger partial charge in [0, 0.05) is 45.5 Å². The monoisotopic (exact) mass is 345 g/mol. The van der Waals surface area contributed by atoms with Crippen LogP contribution in [0.25, 0.3) is 0 Å². The maximum Gasteiger partial charge on any atom is 0.227 e. The Morgan fingerprint density at radius 1 is 1.20 bits per heavy atom.